The first kappa shape index (κ1) is 24.3. The Labute approximate surface area is 191 Å². The number of aliphatic hydroxyl groups excluding tert-OH is 3. The number of rotatable bonds is 7. The Bertz CT molecular complexity index is 1010. The van der Waals surface area contributed by atoms with E-state index in [2.05, 4.69) is 10.4 Å². The van der Waals surface area contributed by atoms with Crippen molar-refractivity contribution in [3.8, 4) is 5.75 Å². The first-order valence-electron chi connectivity index (χ1n) is 10.4. The van der Waals surface area contributed by atoms with Crippen LogP contribution in [0.3, 0.4) is 0 Å². The van der Waals surface area contributed by atoms with E-state index in [0.29, 0.717) is 16.3 Å². The van der Waals surface area contributed by atoms with Gasteiger partial charge in [-0.1, -0.05) is 12.1 Å². The van der Waals surface area contributed by atoms with Gasteiger partial charge in [-0.2, -0.15) is 5.10 Å². The Hall–Kier alpha value is -2.31. The van der Waals surface area contributed by atoms with Crippen molar-refractivity contribution in [2.75, 3.05) is 6.61 Å². The van der Waals surface area contributed by atoms with E-state index in [4.69, 9.17) is 21.7 Å². The first-order chi connectivity index (χ1) is 15.1. The van der Waals surface area contributed by atoms with Crippen molar-refractivity contribution in [2.45, 2.75) is 70.9 Å². The molecule has 1 fully saturated rings. The monoisotopic (exact) mass is 466 g/mol. The van der Waals surface area contributed by atoms with E-state index >= 15 is 0 Å². The lowest BCUT2D eigenvalue weighted by Gasteiger charge is -2.42. The average Bonchev–Trinajstić information content (AvgIpc) is 3.06. The molecule has 1 saturated heterocycles. The van der Waals surface area contributed by atoms with Crippen LogP contribution in [0.4, 0.5) is 0 Å². The minimum absolute atomic E-state index is 0.0562. The lowest BCUT2D eigenvalue weighted by Crippen LogP contribution is -2.62. The highest BCUT2D eigenvalue weighted by molar-refractivity contribution is 7.71. The third-order valence-electron chi connectivity index (χ3n) is 5.29. The van der Waals surface area contributed by atoms with E-state index in [1.54, 1.807) is 4.57 Å². The maximum atomic E-state index is 11.8. The Morgan fingerprint density at radius 2 is 2.06 bits per heavy atom. The number of hydrogen-bond donors (Lipinski definition) is 4. The highest BCUT2D eigenvalue weighted by atomic mass is 32.1. The largest absolute Gasteiger partial charge is 0.486 e. The van der Waals surface area contributed by atoms with Crippen LogP contribution >= 0.6 is 12.2 Å². The summed E-state index contributed by atoms with van der Waals surface area (Å²) in [5.74, 6) is 0.789. The fourth-order valence-corrected chi connectivity index (χ4v) is 4.23. The molecule has 0 spiro atoms. The second-order valence-corrected chi connectivity index (χ2v) is 8.53. The zero-order valence-electron chi connectivity index (χ0n) is 18.5. The van der Waals surface area contributed by atoms with Crippen molar-refractivity contribution in [3.63, 3.8) is 0 Å². The van der Waals surface area contributed by atoms with Crippen LogP contribution in [0.1, 0.15) is 44.4 Å². The molecule has 5 atom stereocenters. The molecule has 1 amide bonds. The molecule has 1 aliphatic rings. The summed E-state index contributed by atoms with van der Waals surface area (Å²) >= 11 is 5.64. The summed E-state index contributed by atoms with van der Waals surface area (Å²) in [4.78, 5) is 11.8. The van der Waals surface area contributed by atoms with E-state index in [-0.39, 0.29) is 12.6 Å². The number of aliphatic hydroxyl groups is 3. The molecule has 1 aromatic carbocycles. The number of nitrogens with zero attached hydrogens (tertiary/aromatic N) is 3. The zero-order valence-corrected chi connectivity index (χ0v) is 19.3. The number of aryl methyl sites for hydroxylation is 1. The van der Waals surface area contributed by atoms with Gasteiger partial charge in [0.2, 0.25) is 10.7 Å². The standard InChI is InChI=1S/C21H30N4O6S/c1-11(2)24-16(10-30-14-7-5-6-12(3)8-14)23-25(21(24)32)20-17(22-13(4)27)19(29)18(28)15(9-26)31-20/h5-8,11,15,17-20,26,28-29H,9-10H2,1-4H3,(H,22,27)/t15-,17-,18-,19-,20-/m1/s1. The summed E-state index contributed by atoms with van der Waals surface area (Å²) in [5.41, 5.74) is 1.06. The smallest absolute Gasteiger partial charge is 0.217 e. The maximum Gasteiger partial charge on any atom is 0.217 e. The van der Waals surface area contributed by atoms with Crippen LogP contribution in [0.25, 0.3) is 0 Å². The third-order valence-corrected chi connectivity index (χ3v) is 5.67. The van der Waals surface area contributed by atoms with Gasteiger partial charge in [0.1, 0.15) is 36.7 Å². The molecule has 1 aromatic heterocycles. The molecule has 0 radical (unpaired) electrons. The van der Waals surface area contributed by atoms with Crippen molar-refractivity contribution in [3.05, 3.63) is 40.4 Å². The van der Waals surface area contributed by atoms with Gasteiger partial charge in [0, 0.05) is 13.0 Å². The minimum atomic E-state index is -1.40. The van der Waals surface area contributed by atoms with E-state index in [0.717, 1.165) is 5.56 Å². The fourth-order valence-electron chi connectivity index (χ4n) is 3.77. The third kappa shape index (κ3) is 5.02. The lowest BCUT2D eigenvalue weighted by atomic mass is 9.96. The summed E-state index contributed by atoms with van der Waals surface area (Å²) in [6.45, 7) is 6.76. The van der Waals surface area contributed by atoms with Crippen LogP contribution < -0.4 is 10.1 Å². The molecule has 0 unspecified atom stereocenters. The SMILES string of the molecule is CC(=O)N[C@@H]1[C@@H](O)[C@H](O)[C@@H](CO)O[C@H]1n1nc(COc2cccc(C)c2)n(C(C)C)c1=S. The minimum Gasteiger partial charge on any atom is -0.486 e. The molecular formula is C21H30N4O6S. The topological polar surface area (TPSA) is 131 Å². The van der Waals surface area contributed by atoms with Gasteiger partial charge in [0.05, 0.1) is 6.61 Å². The Morgan fingerprint density at radius 1 is 1.34 bits per heavy atom. The van der Waals surface area contributed by atoms with Crippen LogP contribution in [0.5, 0.6) is 5.75 Å². The van der Waals surface area contributed by atoms with Crippen LogP contribution in [0.2, 0.25) is 0 Å². The molecule has 0 aliphatic carbocycles. The molecule has 176 valence electrons. The van der Waals surface area contributed by atoms with Gasteiger partial charge in [0.25, 0.3) is 0 Å². The van der Waals surface area contributed by atoms with Gasteiger partial charge in [-0.3, -0.25) is 9.36 Å². The molecule has 10 nitrogen and oxygen atoms in total. The predicted molar refractivity (Wildman–Crippen MR) is 118 cm³/mol. The highest BCUT2D eigenvalue weighted by Gasteiger charge is 2.46. The van der Waals surface area contributed by atoms with E-state index in [1.807, 2.05) is 45.0 Å². The molecule has 4 N–H and O–H groups in total. The maximum absolute atomic E-state index is 11.8. The highest BCUT2D eigenvalue weighted by Crippen LogP contribution is 2.29. The van der Waals surface area contributed by atoms with Crippen LogP contribution in [0, 0.1) is 11.7 Å². The molecule has 11 heteroatoms. The number of nitrogens with one attached hydrogen (secondary N) is 1. The van der Waals surface area contributed by atoms with Crippen molar-refractivity contribution >= 4 is 18.1 Å². The molecule has 3 rings (SSSR count). The summed E-state index contributed by atoms with van der Waals surface area (Å²) in [6, 6.07) is 6.54. The van der Waals surface area contributed by atoms with E-state index < -0.39 is 43.1 Å². The molecule has 0 bridgehead atoms. The van der Waals surface area contributed by atoms with Gasteiger partial charge in [0.15, 0.2) is 12.1 Å². The quantitative estimate of drug-likeness (QED) is 0.445. The number of hydrogen-bond acceptors (Lipinski definition) is 8. The van der Waals surface area contributed by atoms with Gasteiger partial charge in [-0.05, 0) is 50.7 Å². The predicted octanol–water partition coefficient (Wildman–Crippen LogP) is 0.999. The Kier molecular flexibility index (Phi) is 7.67. The number of ether oxygens (including phenoxy) is 2. The fraction of sp³-hybridized carbons (Fsp3) is 0.571. The van der Waals surface area contributed by atoms with Crippen molar-refractivity contribution in [2.24, 2.45) is 0 Å². The van der Waals surface area contributed by atoms with Gasteiger partial charge >= 0.3 is 0 Å². The van der Waals surface area contributed by atoms with Crippen LogP contribution in [-0.2, 0) is 16.1 Å². The lowest BCUT2D eigenvalue weighted by molar-refractivity contribution is -0.219. The summed E-state index contributed by atoms with van der Waals surface area (Å²) < 4.78 is 15.2. The molecule has 0 saturated carbocycles. The van der Waals surface area contributed by atoms with E-state index in [1.165, 1.54) is 11.6 Å². The molecule has 2 aromatic rings. The average molecular weight is 467 g/mol. The van der Waals surface area contributed by atoms with Crippen molar-refractivity contribution in [1.29, 1.82) is 0 Å². The normalized spacial score (nSPS) is 25.7. The van der Waals surface area contributed by atoms with Crippen molar-refractivity contribution in [1.82, 2.24) is 19.7 Å². The molecular weight excluding hydrogens is 436 g/mol. The second-order valence-electron chi connectivity index (χ2n) is 8.17. The zero-order chi connectivity index (χ0) is 23.6. The van der Waals surface area contributed by atoms with Crippen LogP contribution in [0.15, 0.2) is 24.3 Å². The van der Waals surface area contributed by atoms with E-state index in [9.17, 15) is 20.1 Å². The second kappa shape index (κ2) is 10.1. The molecule has 32 heavy (non-hydrogen) atoms. The van der Waals surface area contributed by atoms with Crippen molar-refractivity contribution < 1.29 is 29.6 Å². The van der Waals surface area contributed by atoms with Gasteiger partial charge in [-0.15, -0.1) is 0 Å². The Balaban J connectivity index is 1.98. The van der Waals surface area contributed by atoms with Gasteiger partial charge in [-0.25, -0.2) is 4.68 Å². The number of carbonyl (C=O) groups is 1. The summed E-state index contributed by atoms with van der Waals surface area (Å²) in [7, 11) is 0. The molecule has 2 heterocycles. The van der Waals surface area contributed by atoms with Gasteiger partial charge < -0.3 is 30.1 Å². The number of carbonyl (C=O) groups excluding carboxylic acids is 1. The van der Waals surface area contributed by atoms with Crippen LogP contribution in [-0.4, -0.2) is 66.5 Å². The number of benzene rings is 1. The summed E-state index contributed by atoms with van der Waals surface area (Å²) in [5, 5.41) is 37.7. The Morgan fingerprint density at radius 3 is 2.66 bits per heavy atom. The first-order valence-corrected chi connectivity index (χ1v) is 10.8. The molecule has 1 aliphatic heterocycles. The number of aromatic nitrogens is 3. The number of amides is 1. The summed E-state index contributed by atoms with van der Waals surface area (Å²) in [6.07, 6.45) is -4.90.